The van der Waals surface area contributed by atoms with Crippen molar-refractivity contribution in [2.75, 3.05) is 30.8 Å². The lowest BCUT2D eigenvalue weighted by atomic mass is 9.94. The van der Waals surface area contributed by atoms with Crippen LogP contribution in [0.3, 0.4) is 0 Å². The number of benzene rings is 1. The third kappa shape index (κ3) is 7.20. The number of nitrogens with one attached hydrogen (secondary N) is 3. The summed E-state index contributed by atoms with van der Waals surface area (Å²) in [5.41, 5.74) is 9.83. The van der Waals surface area contributed by atoms with Crippen LogP contribution in [-0.4, -0.2) is 43.7 Å². The lowest BCUT2D eigenvalue weighted by molar-refractivity contribution is -0.200. The monoisotopic (exact) mass is 518 g/mol. The molecule has 1 unspecified atom stereocenters. The summed E-state index contributed by atoms with van der Waals surface area (Å²) in [6.45, 7) is 1.49. The fraction of sp³-hybridized carbons (Fsp3) is 0.520. The topological polar surface area (TPSA) is 115 Å². The summed E-state index contributed by atoms with van der Waals surface area (Å²) in [6.07, 6.45) is 6.12. The number of amides is 3. The molecule has 0 radical (unpaired) electrons. The van der Waals surface area contributed by atoms with E-state index in [1.165, 1.54) is 11.3 Å². The number of carbonyl (C=O) groups is 2. The summed E-state index contributed by atoms with van der Waals surface area (Å²) in [5.74, 6) is 0.919. The van der Waals surface area contributed by atoms with Gasteiger partial charge < -0.3 is 21.1 Å². The van der Waals surface area contributed by atoms with E-state index in [9.17, 15) is 9.59 Å². The van der Waals surface area contributed by atoms with Gasteiger partial charge in [0.25, 0.3) is 0 Å². The van der Waals surface area contributed by atoms with Gasteiger partial charge in [-0.3, -0.25) is 4.79 Å². The van der Waals surface area contributed by atoms with Crippen LogP contribution in [0.4, 0.5) is 10.5 Å². The number of thiophene rings is 1. The third-order valence-corrected chi connectivity index (χ3v) is 9.21. The Morgan fingerprint density at radius 3 is 2.86 bits per heavy atom. The molecular formula is C25H34N4O4S2. The van der Waals surface area contributed by atoms with E-state index in [1.807, 2.05) is 36.0 Å². The number of hydrogen-bond donors (Lipinski definition) is 4. The highest BCUT2D eigenvalue weighted by molar-refractivity contribution is 8.00. The molecule has 3 heterocycles. The van der Waals surface area contributed by atoms with Crippen LogP contribution in [-0.2, 0) is 19.1 Å². The molecule has 4 rings (SSSR count). The lowest BCUT2D eigenvalue weighted by Crippen LogP contribution is -2.37. The van der Waals surface area contributed by atoms with E-state index >= 15 is 0 Å². The first-order chi connectivity index (χ1) is 17.1. The van der Waals surface area contributed by atoms with Crippen molar-refractivity contribution in [3.05, 3.63) is 41.3 Å². The molecule has 190 valence electrons. The minimum absolute atomic E-state index is 0.113. The van der Waals surface area contributed by atoms with Gasteiger partial charge in [0.05, 0.1) is 4.75 Å². The number of hydrogen-bond acceptors (Lipinski definition) is 7. The van der Waals surface area contributed by atoms with Crippen LogP contribution < -0.4 is 21.8 Å². The number of urea groups is 1. The van der Waals surface area contributed by atoms with Gasteiger partial charge in [-0.1, -0.05) is 18.6 Å². The average Bonchev–Trinajstić information content (AvgIpc) is 3.39. The average molecular weight is 519 g/mol. The van der Waals surface area contributed by atoms with Crippen LogP contribution in [0.15, 0.2) is 36.4 Å². The highest BCUT2D eigenvalue weighted by Crippen LogP contribution is 2.51. The first kappa shape index (κ1) is 26.0. The fourth-order valence-corrected chi connectivity index (χ4v) is 7.24. The summed E-state index contributed by atoms with van der Waals surface area (Å²) in [4.78, 5) is 32.7. The minimum Gasteiger partial charge on any atom is -0.350 e. The van der Waals surface area contributed by atoms with E-state index in [4.69, 9.17) is 15.3 Å². The first-order valence-corrected chi connectivity index (χ1v) is 14.0. The summed E-state index contributed by atoms with van der Waals surface area (Å²) < 4.78 is 5.29. The molecule has 0 aliphatic carbocycles. The van der Waals surface area contributed by atoms with Gasteiger partial charge in [-0.25, -0.2) is 15.1 Å². The largest absolute Gasteiger partial charge is 0.350 e. The summed E-state index contributed by atoms with van der Waals surface area (Å²) in [5, 5.41) is 5.56. The Morgan fingerprint density at radius 1 is 1.17 bits per heavy atom. The Hall–Kier alpha value is -2.11. The van der Waals surface area contributed by atoms with Crippen LogP contribution in [0, 0.1) is 0 Å². The van der Waals surface area contributed by atoms with E-state index in [0.717, 1.165) is 54.0 Å². The Morgan fingerprint density at radius 2 is 2.09 bits per heavy atom. The molecule has 1 aromatic heterocycles. The van der Waals surface area contributed by atoms with Gasteiger partial charge in [0.2, 0.25) is 5.91 Å². The van der Waals surface area contributed by atoms with Crippen molar-refractivity contribution in [1.82, 2.24) is 10.8 Å². The number of thioether (sulfide) groups is 1. The molecule has 2 aliphatic heterocycles. The Labute approximate surface area is 214 Å². The quantitative estimate of drug-likeness (QED) is 0.362. The maximum atomic E-state index is 12.9. The van der Waals surface area contributed by atoms with Gasteiger partial charge in [0, 0.05) is 48.0 Å². The molecule has 1 aromatic carbocycles. The predicted octanol–water partition coefficient (Wildman–Crippen LogP) is 4.57. The molecule has 8 nitrogen and oxygen atoms in total. The van der Waals surface area contributed by atoms with E-state index in [-0.39, 0.29) is 23.0 Å². The predicted molar refractivity (Wildman–Crippen MR) is 141 cm³/mol. The molecule has 0 spiro atoms. The highest BCUT2D eigenvalue weighted by Gasteiger charge is 2.38. The third-order valence-electron chi connectivity index (χ3n) is 6.13. The molecular weight excluding hydrogens is 484 g/mol. The lowest BCUT2D eigenvalue weighted by Gasteiger charge is -2.35. The zero-order chi connectivity index (χ0) is 24.5. The second-order valence-corrected chi connectivity index (χ2v) is 11.4. The van der Waals surface area contributed by atoms with Crippen LogP contribution in [0.1, 0.15) is 49.8 Å². The van der Waals surface area contributed by atoms with E-state index in [1.54, 1.807) is 11.3 Å². The summed E-state index contributed by atoms with van der Waals surface area (Å²) >= 11 is 3.58. The van der Waals surface area contributed by atoms with Crippen LogP contribution in [0.2, 0.25) is 0 Å². The number of anilines is 1. The van der Waals surface area contributed by atoms with Crippen molar-refractivity contribution in [3.8, 4) is 10.4 Å². The number of ether oxygens (including phenoxy) is 1. The summed E-state index contributed by atoms with van der Waals surface area (Å²) in [6, 6.07) is 11.8. The number of hydroxylamine groups is 1. The Balaban J connectivity index is 1.44. The second-order valence-electron chi connectivity index (χ2n) is 8.83. The Bertz CT molecular complexity index is 987. The van der Waals surface area contributed by atoms with Crippen LogP contribution in [0.25, 0.3) is 10.4 Å². The highest BCUT2D eigenvalue weighted by atomic mass is 32.2. The van der Waals surface area contributed by atoms with Crippen molar-refractivity contribution < 1.29 is 19.2 Å². The van der Waals surface area contributed by atoms with Crippen molar-refractivity contribution >= 4 is 40.7 Å². The molecule has 2 aromatic rings. The van der Waals surface area contributed by atoms with Crippen molar-refractivity contribution in [2.45, 2.75) is 56.0 Å². The first-order valence-electron chi connectivity index (χ1n) is 12.2. The Kier molecular flexibility index (Phi) is 9.45. The molecule has 2 fully saturated rings. The van der Waals surface area contributed by atoms with Gasteiger partial charge in [0.1, 0.15) is 0 Å². The standard InChI is InChI=1S/C25H34N4O4S2/c26-12-13-27-24(31)28-19-7-5-6-18(16-19)20-9-10-21(35-20)25(11-2-4-15-34-25)17-22(30)29-33-23-8-1-3-14-32-23/h5-7,9-10,16,23H,1-4,8,11-15,17,26H2,(H,29,30)(H2,27,28,31)/t23?,25-/m0/s1. The normalized spacial score (nSPS) is 22.4. The van der Waals surface area contributed by atoms with Gasteiger partial charge in [-0.2, -0.15) is 0 Å². The van der Waals surface area contributed by atoms with E-state index in [0.29, 0.717) is 26.1 Å². The van der Waals surface area contributed by atoms with Gasteiger partial charge in [0.15, 0.2) is 6.29 Å². The molecule has 3 amide bonds. The van der Waals surface area contributed by atoms with Crippen LogP contribution >= 0.6 is 23.1 Å². The molecule has 35 heavy (non-hydrogen) atoms. The zero-order valence-corrected chi connectivity index (χ0v) is 21.5. The maximum Gasteiger partial charge on any atom is 0.319 e. The van der Waals surface area contributed by atoms with Gasteiger partial charge in [-0.15, -0.1) is 23.1 Å². The van der Waals surface area contributed by atoms with Crippen molar-refractivity contribution in [3.63, 3.8) is 0 Å². The van der Waals surface area contributed by atoms with Crippen molar-refractivity contribution in [1.29, 1.82) is 0 Å². The van der Waals surface area contributed by atoms with Crippen molar-refractivity contribution in [2.24, 2.45) is 5.73 Å². The summed E-state index contributed by atoms with van der Waals surface area (Å²) in [7, 11) is 0. The maximum absolute atomic E-state index is 12.9. The number of carbonyl (C=O) groups excluding carboxylic acids is 2. The zero-order valence-electron chi connectivity index (χ0n) is 19.8. The molecule has 0 saturated carbocycles. The fourth-order valence-electron chi connectivity index (χ4n) is 4.35. The van der Waals surface area contributed by atoms with E-state index < -0.39 is 0 Å². The number of nitrogens with two attached hydrogens (primary N) is 1. The van der Waals surface area contributed by atoms with Gasteiger partial charge >= 0.3 is 6.03 Å². The molecule has 5 N–H and O–H groups in total. The van der Waals surface area contributed by atoms with E-state index in [2.05, 4.69) is 28.2 Å². The minimum atomic E-state index is -0.353. The molecule has 2 saturated heterocycles. The molecule has 10 heteroatoms. The molecule has 0 bridgehead atoms. The SMILES string of the molecule is NCCNC(=O)Nc1cccc(-c2ccc([C@@]3(CC(=O)NOC4CCCCO4)CCCCS3)s2)c1. The second kappa shape index (κ2) is 12.7. The smallest absolute Gasteiger partial charge is 0.319 e. The number of rotatable bonds is 9. The van der Waals surface area contributed by atoms with Gasteiger partial charge in [-0.05, 0) is 61.3 Å². The molecule has 2 atom stereocenters. The van der Waals surface area contributed by atoms with Crippen LogP contribution in [0.5, 0.6) is 0 Å². The molecule has 2 aliphatic rings.